The molecule has 0 nitrogen and oxygen atoms in total. The van der Waals surface area contributed by atoms with Crippen LogP contribution in [0, 0.1) is 0 Å². The molecule has 0 fully saturated rings. The summed E-state index contributed by atoms with van der Waals surface area (Å²) in [6.07, 6.45) is 0. The molecule has 0 aliphatic heterocycles. The average molecular weight is 1160 g/mol. The van der Waals surface area contributed by atoms with Gasteiger partial charge in [0.2, 0.25) is 0 Å². The number of benzene rings is 12. The van der Waals surface area contributed by atoms with Crippen LogP contribution in [-0.4, -0.2) is 0 Å². The molecule has 0 heterocycles. The minimum absolute atomic E-state index is 0. The van der Waals surface area contributed by atoms with Crippen LogP contribution in [0.1, 0.15) is 1.43 Å². The molecule has 0 amide bonds. The van der Waals surface area contributed by atoms with E-state index in [1.165, 1.54) is 63.7 Å². The summed E-state index contributed by atoms with van der Waals surface area (Å²) >= 11 is -4.77. The van der Waals surface area contributed by atoms with Crippen LogP contribution in [0.25, 0.3) is 0 Å². The van der Waals surface area contributed by atoms with E-state index in [9.17, 15) is 0 Å². The van der Waals surface area contributed by atoms with E-state index in [1.807, 2.05) is 0 Å². The fraction of sp³-hybridized carbons (Fsp3) is 0. The molecule has 0 aliphatic rings. The van der Waals surface area contributed by atoms with Crippen LogP contribution in [0.2, 0.25) is 0 Å². The van der Waals surface area contributed by atoms with Gasteiger partial charge in [-0.3, -0.25) is 0 Å². The first-order chi connectivity index (χ1) is 38.3. The first-order valence-electron chi connectivity index (χ1n) is 26.6. The van der Waals surface area contributed by atoms with Gasteiger partial charge in [0.1, 0.15) is 0 Å². The first-order valence-corrected chi connectivity index (χ1v) is 43.8. The molecule has 0 aliphatic carbocycles. The Kier molecular flexibility index (Phi) is 14.9. The fourth-order valence-electron chi connectivity index (χ4n) is 12.8. The Labute approximate surface area is 461 Å². The van der Waals surface area contributed by atoms with Crippen LogP contribution in [0.4, 0.5) is 0 Å². The molecule has 12 rings (SSSR count). The second kappa shape index (κ2) is 22.5. The van der Waals surface area contributed by atoms with Crippen molar-refractivity contribution in [1.82, 2.24) is 0 Å². The third-order valence-electron chi connectivity index (χ3n) is 15.4. The molecule has 0 saturated heterocycles. The normalized spacial score (nSPS) is 14.0. The van der Waals surface area contributed by atoms with Crippen molar-refractivity contribution < 1.29 is 14.3 Å². The van der Waals surface area contributed by atoms with Crippen molar-refractivity contribution in [2.24, 2.45) is 0 Å². The van der Waals surface area contributed by atoms with Gasteiger partial charge < -0.3 is 1.43 Å². The Morgan fingerprint density at radius 1 is 0.130 bits per heavy atom. The molecule has 12 aromatic rings. The van der Waals surface area contributed by atoms with Crippen LogP contribution in [0.15, 0.2) is 364 Å². The van der Waals surface area contributed by atoms with E-state index in [0.29, 0.717) is 0 Å². The Hall–Kier alpha value is -7.02. The van der Waals surface area contributed by atoms with E-state index in [0.717, 1.165) is 0 Å². The second-order valence-electron chi connectivity index (χ2n) is 19.4. The van der Waals surface area contributed by atoms with Gasteiger partial charge >= 0.3 is 463 Å². The topological polar surface area (TPSA) is 0 Å². The molecule has 5 heteroatoms. The zero-order valence-electron chi connectivity index (χ0n) is 44.0. The van der Waals surface area contributed by atoms with E-state index in [2.05, 4.69) is 364 Å². The maximum atomic E-state index is 2.60. The molecule has 0 spiro atoms. The predicted molar refractivity (Wildman–Crippen MR) is 347 cm³/mol. The van der Waals surface area contributed by atoms with Crippen LogP contribution < -0.4 is 63.7 Å². The SMILES string of the molecule is [H-].c1ccc([PH](c2ccccc2)(c2ccccc2)[Rh]([PH](c2ccccc2)(c2ccccc2)c2ccccc2)([PH](c2ccccc2)(c2ccccc2)c2ccccc2)[PH](c2ccccc2)(c2ccccc2)c2ccccc2)cc1. The third-order valence-corrected chi connectivity index (χ3v) is 124. The fourth-order valence-corrected chi connectivity index (χ4v) is 184. The number of hydrogen-bond donors (Lipinski definition) is 0. The summed E-state index contributed by atoms with van der Waals surface area (Å²) in [6.45, 7) is 0. The molecule has 0 radical (unpaired) electrons. The van der Waals surface area contributed by atoms with E-state index >= 15 is 0 Å². The van der Waals surface area contributed by atoms with Crippen LogP contribution in [-0.2, 0) is 12.8 Å². The van der Waals surface area contributed by atoms with E-state index in [4.69, 9.17) is 0 Å². The van der Waals surface area contributed by atoms with Crippen LogP contribution in [0.3, 0.4) is 0 Å². The molecule has 0 unspecified atom stereocenters. The van der Waals surface area contributed by atoms with Crippen molar-refractivity contribution in [3.8, 4) is 0 Å². The zero-order chi connectivity index (χ0) is 51.9. The zero-order valence-corrected chi connectivity index (χ0v) is 48.6. The van der Waals surface area contributed by atoms with Crippen LogP contribution in [0.5, 0.6) is 0 Å². The van der Waals surface area contributed by atoms with Gasteiger partial charge in [0, 0.05) is 0 Å². The summed E-state index contributed by atoms with van der Waals surface area (Å²) in [7, 11) is 0. The Morgan fingerprint density at radius 2 is 0.208 bits per heavy atom. The molecule has 0 aromatic heterocycles. The van der Waals surface area contributed by atoms with Crippen molar-refractivity contribution in [3.05, 3.63) is 364 Å². The third kappa shape index (κ3) is 7.98. The molecule has 0 N–H and O–H groups in total. The standard InChI is InChI=1S/4C18H15P.Rh.H/c4*1-4-10-16(11-5-1)19(17-12-6-2-7-13-17)18-14-8-3-9-15-18;;/h4*1-15H;;/q;;;;-4;-1/p+4. The second-order valence-corrected chi connectivity index (χ2v) is 72.2. The van der Waals surface area contributed by atoms with Gasteiger partial charge in [0.15, 0.2) is 0 Å². The van der Waals surface area contributed by atoms with Crippen molar-refractivity contribution in [3.63, 3.8) is 0 Å². The molecule has 77 heavy (non-hydrogen) atoms. The van der Waals surface area contributed by atoms with Crippen molar-refractivity contribution in [1.29, 1.82) is 0 Å². The van der Waals surface area contributed by atoms with Crippen molar-refractivity contribution in [2.75, 3.05) is 0 Å². The summed E-state index contributed by atoms with van der Waals surface area (Å²) in [4.78, 5) is 0. The van der Waals surface area contributed by atoms with Crippen molar-refractivity contribution in [2.45, 2.75) is 0 Å². The molecule has 383 valence electrons. The minimum atomic E-state index is -4.77. The average Bonchev–Trinajstić information content (AvgIpc) is 3.71. The Morgan fingerprint density at radius 3 is 0.286 bits per heavy atom. The summed E-state index contributed by atoms with van der Waals surface area (Å²) in [5.41, 5.74) is -15.6. The summed E-state index contributed by atoms with van der Waals surface area (Å²) in [5.74, 6) is 0. The molecule has 0 saturated carbocycles. The molecule has 0 bridgehead atoms. The first kappa shape index (κ1) is 50.8. The van der Waals surface area contributed by atoms with Gasteiger partial charge in [-0.2, -0.15) is 0 Å². The van der Waals surface area contributed by atoms with Crippen LogP contribution >= 0.6 is 22.4 Å². The predicted octanol–water partition coefficient (Wildman–Crippen LogP) is 12.8. The van der Waals surface area contributed by atoms with Gasteiger partial charge in [0.25, 0.3) is 0 Å². The van der Waals surface area contributed by atoms with Gasteiger partial charge in [0.05, 0.1) is 0 Å². The van der Waals surface area contributed by atoms with Crippen molar-refractivity contribution >= 4 is 86.0 Å². The Balaban J connectivity index is 0.00000645. The molecule has 12 aromatic carbocycles. The molecular weight excluding hydrogens is 1090 g/mol. The molecule has 0 atom stereocenters. The van der Waals surface area contributed by atoms with Gasteiger partial charge in [-0.05, 0) is 0 Å². The monoisotopic (exact) mass is 1160 g/mol. The quantitative estimate of drug-likeness (QED) is 0.0668. The number of rotatable bonds is 16. The van der Waals surface area contributed by atoms with Gasteiger partial charge in [-0.15, -0.1) is 0 Å². The van der Waals surface area contributed by atoms with E-state index in [1.54, 1.807) is 0 Å². The molecular formula is C72H65P4Rh-. The number of hydrogen-bond acceptors (Lipinski definition) is 0. The Bertz CT molecular complexity index is 2860. The van der Waals surface area contributed by atoms with E-state index < -0.39 is 35.2 Å². The van der Waals surface area contributed by atoms with E-state index in [-0.39, 0.29) is 1.43 Å². The maximum absolute atomic E-state index is 4.77. The summed E-state index contributed by atoms with van der Waals surface area (Å²) < 4.78 is 0. The van der Waals surface area contributed by atoms with Gasteiger partial charge in [-0.1, -0.05) is 0 Å². The van der Waals surface area contributed by atoms with Gasteiger partial charge in [-0.25, -0.2) is 0 Å². The summed E-state index contributed by atoms with van der Waals surface area (Å²) in [6, 6.07) is 146. The summed E-state index contributed by atoms with van der Waals surface area (Å²) in [5, 5.41) is 17.5.